The molecule has 3 atom stereocenters. The number of carbonyl (C=O) groups excluding carboxylic acids is 1. The molecule has 0 aromatic heterocycles. The van der Waals surface area contributed by atoms with Gasteiger partial charge in [0.25, 0.3) is 5.91 Å². The summed E-state index contributed by atoms with van der Waals surface area (Å²) in [5, 5.41) is 9.10. The summed E-state index contributed by atoms with van der Waals surface area (Å²) in [6.45, 7) is 3.44. The first-order valence-electron chi connectivity index (χ1n) is 7.06. The van der Waals surface area contributed by atoms with Crippen molar-refractivity contribution in [1.82, 2.24) is 4.90 Å². The Bertz CT molecular complexity index is 612. The molecule has 0 bridgehead atoms. The largest absolute Gasteiger partial charge is 0.479 e. The summed E-state index contributed by atoms with van der Waals surface area (Å²) in [5.74, 6) is -1.83. The maximum atomic E-state index is 13.0. The zero-order chi connectivity index (χ0) is 17.1. The van der Waals surface area contributed by atoms with Gasteiger partial charge in [0, 0.05) is 6.54 Å². The van der Waals surface area contributed by atoms with Crippen molar-refractivity contribution in [2.75, 3.05) is 13.1 Å². The number of hydrogen-bond acceptors (Lipinski definition) is 4. The van der Waals surface area contributed by atoms with Gasteiger partial charge < -0.3 is 19.5 Å². The normalized spacial score (nSPS) is 22.5. The number of rotatable bonds is 4. The van der Waals surface area contributed by atoms with Crippen LogP contribution in [0.3, 0.4) is 0 Å². The highest BCUT2D eigenvalue weighted by atomic mass is 35.5. The summed E-state index contributed by atoms with van der Waals surface area (Å²) in [5.41, 5.74) is 0. The molecule has 1 aromatic carbocycles. The summed E-state index contributed by atoms with van der Waals surface area (Å²) >= 11 is 5.86. The number of nitrogens with zero attached hydrogens (tertiary/aromatic N) is 1. The van der Waals surface area contributed by atoms with Crippen molar-refractivity contribution in [3.63, 3.8) is 0 Å². The van der Waals surface area contributed by atoms with Crippen LogP contribution >= 0.6 is 11.6 Å². The Morgan fingerprint density at radius 1 is 1.48 bits per heavy atom. The van der Waals surface area contributed by atoms with E-state index in [1.807, 2.05) is 0 Å². The first-order valence-corrected chi connectivity index (χ1v) is 7.44. The minimum absolute atomic E-state index is 0.0522. The molecule has 0 saturated carbocycles. The molecule has 126 valence electrons. The highest BCUT2D eigenvalue weighted by Gasteiger charge is 2.34. The second kappa shape index (κ2) is 7.14. The fraction of sp³-hybridized carbons (Fsp3) is 0.467. The van der Waals surface area contributed by atoms with Gasteiger partial charge in [-0.25, -0.2) is 9.18 Å². The third kappa shape index (κ3) is 4.33. The Hall–Kier alpha value is -1.86. The van der Waals surface area contributed by atoms with Crippen LogP contribution in [0.1, 0.15) is 13.8 Å². The molecule has 1 aliphatic rings. The molecule has 2 rings (SSSR count). The molecule has 1 fully saturated rings. The first kappa shape index (κ1) is 17.5. The van der Waals surface area contributed by atoms with Crippen LogP contribution in [0.2, 0.25) is 5.02 Å². The molecule has 0 spiro atoms. The van der Waals surface area contributed by atoms with Gasteiger partial charge in [-0.1, -0.05) is 11.6 Å². The van der Waals surface area contributed by atoms with Crippen LogP contribution in [-0.4, -0.2) is 53.3 Å². The van der Waals surface area contributed by atoms with Crippen LogP contribution in [0.25, 0.3) is 0 Å². The lowest BCUT2D eigenvalue weighted by Crippen LogP contribution is -2.54. The van der Waals surface area contributed by atoms with Gasteiger partial charge >= 0.3 is 5.97 Å². The zero-order valence-electron chi connectivity index (χ0n) is 12.7. The Balaban J connectivity index is 2.05. The second-order valence-electron chi connectivity index (χ2n) is 5.35. The van der Waals surface area contributed by atoms with Crippen LogP contribution in [0.5, 0.6) is 5.75 Å². The van der Waals surface area contributed by atoms with Crippen LogP contribution in [0.4, 0.5) is 4.39 Å². The smallest absolute Gasteiger partial charge is 0.334 e. The fourth-order valence-corrected chi connectivity index (χ4v) is 2.55. The number of carboxylic acid groups (broad SMARTS) is 1. The van der Waals surface area contributed by atoms with E-state index in [0.29, 0.717) is 0 Å². The number of carbonyl (C=O) groups is 2. The van der Waals surface area contributed by atoms with Gasteiger partial charge in [-0.3, -0.25) is 4.79 Å². The molecule has 0 aliphatic carbocycles. The van der Waals surface area contributed by atoms with E-state index in [9.17, 15) is 14.0 Å². The van der Waals surface area contributed by atoms with E-state index in [4.69, 9.17) is 26.2 Å². The summed E-state index contributed by atoms with van der Waals surface area (Å²) in [4.78, 5) is 24.9. The number of morpholine rings is 1. The van der Waals surface area contributed by atoms with Crippen molar-refractivity contribution in [3.8, 4) is 5.75 Å². The highest BCUT2D eigenvalue weighted by Crippen LogP contribution is 2.26. The number of amides is 1. The molecule has 0 radical (unpaired) electrons. The molecule has 1 heterocycles. The average Bonchev–Trinajstić information content (AvgIpc) is 2.48. The van der Waals surface area contributed by atoms with E-state index in [2.05, 4.69) is 0 Å². The van der Waals surface area contributed by atoms with E-state index < -0.39 is 30.1 Å². The van der Waals surface area contributed by atoms with Crippen molar-refractivity contribution in [3.05, 3.63) is 29.0 Å². The second-order valence-corrected chi connectivity index (χ2v) is 5.76. The van der Waals surface area contributed by atoms with E-state index in [-0.39, 0.29) is 29.8 Å². The summed E-state index contributed by atoms with van der Waals surface area (Å²) < 4.78 is 23.7. The maximum absolute atomic E-state index is 13.0. The van der Waals surface area contributed by atoms with E-state index in [1.54, 1.807) is 6.92 Å². The number of benzene rings is 1. The molecule has 1 saturated heterocycles. The van der Waals surface area contributed by atoms with Crippen LogP contribution in [0, 0.1) is 5.82 Å². The van der Waals surface area contributed by atoms with E-state index in [1.165, 1.54) is 24.0 Å². The van der Waals surface area contributed by atoms with Crippen molar-refractivity contribution in [1.29, 1.82) is 0 Å². The van der Waals surface area contributed by atoms with Gasteiger partial charge in [0.05, 0.1) is 17.7 Å². The topological polar surface area (TPSA) is 76.1 Å². The van der Waals surface area contributed by atoms with Crippen LogP contribution in [-0.2, 0) is 14.3 Å². The SMILES string of the molecule is CC(Oc1ccc(F)cc1Cl)C(=O)N1CC(C(=O)O)O[C@H](C)C1. The van der Waals surface area contributed by atoms with Crippen LogP contribution in [0.15, 0.2) is 18.2 Å². The number of hydrogen-bond donors (Lipinski definition) is 1. The van der Waals surface area contributed by atoms with Gasteiger partial charge in [-0.05, 0) is 32.0 Å². The number of aliphatic carboxylic acids is 1. The van der Waals surface area contributed by atoms with Crippen molar-refractivity contribution >= 4 is 23.5 Å². The lowest BCUT2D eigenvalue weighted by molar-refractivity contribution is -0.168. The number of carboxylic acids is 1. The molecule has 2 unspecified atom stereocenters. The Morgan fingerprint density at radius 2 is 2.17 bits per heavy atom. The van der Waals surface area contributed by atoms with E-state index in [0.717, 1.165) is 6.07 Å². The predicted molar refractivity (Wildman–Crippen MR) is 80.1 cm³/mol. The average molecular weight is 346 g/mol. The molecule has 1 aromatic rings. The first-order chi connectivity index (χ1) is 10.8. The molecule has 23 heavy (non-hydrogen) atoms. The molecule has 8 heteroatoms. The lowest BCUT2D eigenvalue weighted by atomic mass is 10.2. The highest BCUT2D eigenvalue weighted by molar-refractivity contribution is 6.32. The number of halogens is 2. The molecule has 6 nitrogen and oxygen atoms in total. The van der Waals surface area contributed by atoms with E-state index >= 15 is 0 Å². The van der Waals surface area contributed by atoms with Crippen molar-refractivity contribution in [2.24, 2.45) is 0 Å². The van der Waals surface area contributed by atoms with Gasteiger partial charge in [-0.15, -0.1) is 0 Å². The Kier molecular flexibility index (Phi) is 5.43. The maximum Gasteiger partial charge on any atom is 0.334 e. The third-order valence-corrected chi connectivity index (χ3v) is 3.69. The standard InChI is InChI=1S/C15H17ClFNO5/c1-8-6-18(7-13(22-8)15(20)21)14(19)9(2)23-12-4-3-10(17)5-11(12)16/h3-5,8-9,13H,6-7H2,1-2H3,(H,20,21)/t8-,9?,13?/m1/s1. The Morgan fingerprint density at radius 3 is 2.78 bits per heavy atom. The minimum Gasteiger partial charge on any atom is -0.479 e. The third-order valence-electron chi connectivity index (χ3n) is 3.39. The molecular formula is C15H17ClFNO5. The summed E-state index contributed by atoms with van der Waals surface area (Å²) in [6.07, 6.45) is -2.35. The predicted octanol–water partition coefficient (Wildman–Crippen LogP) is 1.95. The number of ether oxygens (including phenoxy) is 2. The van der Waals surface area contributed by atoms with Gasteiger partial charge in [0.1, 0.15) is 11.6 Å². The Labute approximate surface area is 137 Å². The van der Waals surface area contributed by atoms with Crippen LogP contribution < -0.4 is 4.74 Å². The van der Waals surface area contributed by atoms with Crippen molar-refractivity contribution < 1.29 is 28.6 Å². The fourth-order valence-electron chi connectivity index (χ4n) is 2.34. The molecule has 1 aliphatic heterocycles. The molecular weight excluding hydrogens is 329 g/mol. The van der Waals surface area contributed by atoms with Crippen molar-refractivity contribution in [2.45, 2.75) is 32.2 Å². The molecule has 1 amide bonds. The van der Waals surface area contributed by atoms with Gasteiger partial charge in [0.2, 0.25) is 0 Å². The lowest BCUT2D eigenvalue weighted by Gasteiger charge is -2.36. The summed E-state index contributed by atoms with van der Waals surface area (Å²) in [7, 11) is 0. The van der Waals surface area contributed by atoms with Gasteiger partial charge in [-0.2, -0.15) is 0 Å². The monoisotopic (exact) mass is 345 g/mol. The zero-order valence-corrected chi connectivity index (χ0v) is 13.4. The quantitative estimate of drug-likeness (QED) is 0.902. The summed E-state index contributed by atoms with van der Waals surface area (Å²) in [6, 6.07) is 3.60. The molecule has 1 N–H and O–H groups in total. The minimum atomic E-state index is -1.12. The van der Waals surface area contributed by atoms with Gasteiger partial charge in [0.15, 0.2) is 12.2 Å².